The van der Waals surface area contributed by atoms with E-state index in [0.717, 1.165) is 11.1 Å². The Morgan fingerprint density at radius 1 is 1.24 bits per heavy atom. The third kappa shape index (κ3) is 3.99. The molecular weight excluding hydrogens is 264 g/mol. The molecule has 110 valence electrons. The Morgan fingerprint density at radius 3 is 2.57 bits per heavy atom. The Labute approximate surface area is 124 Å². The summed E-state index contributed by atoms with van der Waals surface area (Å²) in [5.41, 5.74) is 8.85. The van der Waals surface area contributed by atoms with Crippen LogP contribution in [0.5, 0.6) is 5.75 Å². The number of hydrogen-bond acceptors (Lipinski definition) is 3. The SMILES string of the molecule is Cc1ccc(O)c(NC(=O)CC(C)c2ccc(N)cc2)c1. The highest BCUT2D eigenvalue weighted by Crippen LogP contribution is 2.25. The molecule has 0 aliphatic carbocycles. The summed E-state index contributed by atoms with van der Waals surface area (Å²) in [4.78, 5) is 12.1. The molecule has 0 radical (unpaired) electrons. The second-order valence-corrected chi connectivity index (χ2v) is 5.34. The highest BCUT2D eigenvalue weighted by Gasteiger charge is 2.13. The van der Waals surface area contributed by atoms with E-state index in [1.807, 2.05) is 38.1 Å². The lowest BCUT2D eigenvalue weighted by Gasteiger charge is -2.13. The molecule has 2 aromatic carbocycles. The van der Waals surface area contributed by atoms with Crippen molar-refractivity contribution in [2.45, 2.75) is 26.2 Å². The predicted molar refractivity (Wildman–Crippen MR) is 85.4 cm³/mol. The van der Waals surface area contributed by atoms with E-state index in [1.54, 1.807) is 18.2 Å². The summed E-state index contributed by atoms with van der Waals surface area (Å²) >= 11 is 0. The van der Waals surface area contributed by atoms with E-state index in [9.17, 15) is 9.90 Å². The number of nitrogen functional groups attached to an aromatic ring is 1. The first kappa shape index (κ1) is 14.9. The zero-order valence-electron chi connectivity index (χ0n) is 12.3. The molecule has 0 spiro atoms. The molecule has 4 heteroatoms. The van der Waals surface area contributed by atoms with Gasteiger partial charge in [0.1, 0.15) is 5.75 Å². The van der Waals surface area contributed by atoms with Gasteiger partial charge >= 0.3 is 0 Å². The summed E-state index contributed by atoms with van der Waals surface area (Å²) in [6, 6.07) is 12.6. The summed E-state index contributed by atoms with van der Waals surface area (Å²) in [5.74, 6) is 0.0341. The zero-order chi connectivity index (χ0) is 15.4. The van der Waals surface area contributed by atoms with E-state index in [4.69, 9.17) is 5.73 Å². The Kier molecular flexibility index (Phi) is 4.48. The maximum atomic E-state index is 12.1. The normalized spacial score (nSPS) is 11.9. The molecule has 0 bridgehead atoms. The monoisotopic (exact) mass is 284 g/mol. The first-order valence-corrected chi connectivity index (χ1v) is 6.90. The van der Waals surface area contributed by atoms with Crippen molar-refractivity contribution >= 4 is 17.3 Å². The number of carbonyl (C=O) groups is 1. The highest BCUT2D eigenvalue weighted by atomic mass is 16.3. The van der Waals surface area contributed by atoms with E-state index in [2.05, 4.69) is 5.32 Å². The minimum Gasteiger partial charge on any atom is -0.506 e. The average molecular weight is 284 g/mol. The molecule has 0 heterocycles. The van der Waals surface area contributed by atoms with Crippen molar-refractivity contribution < 1.29 is 9.90 Å². The largest absolute Gasteiger partial charge is 0.506 e. The fourth-order valence-corrected chi connectivity index (χ4v) is 2.17. The Hall–Kier alpha value is -2.49. The van der Waals surface area contributed by atoms with Gasteiger partial charge in [-0.2, -0.15) is 0 Å². The summed E-state index contributed by atoms with van der Waals surface area (Å²) in [7, 11) is 0. The smallest absolute Gasteiger partial charge is 0.225 e. The van der Waals surface area contributed by atoms with Gasteiger partial charge in [0.05, 0.1) is 5.69 Å². The van der Waals surface area contributed by atoms with Crippen molar-refractivity contribution in [2.24, 2.45) is 0 Å². The van der Waals surface area contributed by atoms with Gasteiger partial charge in [-0.3, -0.25) is 4.79 Å². The molecule has 1 unspecified atom stereocenters. The van der Waals surface area contributed by atoms with E-state index in [0.29, 0.717) is 17.8 Å². The van der Waals surface area contributed by atoms with Crippen molar-refractivity contribution in [3.63, 3.8) is 0 Å². The van der Waals surface area contributed by atoms with Gasteiger partial charge < -0.3 is 16.2 Å². The van der Waals surface area contributed by atoms with Crippen LogP contribution in [0.15, 0.2) is 42.5 Å². The molecule has 0 fully saturated rings. The molecule has 4 nitrogen and oxygen atoms in total. The lowest BCUT2D eigenvalue weighted by Crippen LogP contribution is -2.14. The number of rotatable bonds is 4. The Morgan fingerprint density at radius 2 is 1.90 bits per heavy atom. The first-order chi connectivity index (χ1) is 9.95. The maximum absolute atomic E-state index is 12.1. The second kappa shape index (κ2) is 6.31. The molecule has 0 aromatic heterocycles. The van der Waals surface area contributed by atoms with Crippen LogP contribution in [0.1, 0.15) is 30.4 Å². The van der Waals surface area contributed by atoms with Gasteiger partial charge in [-0.15, -0.1) is 0 Å². The number of phenolic OH excluding ortho intramolecular Hbond substituents is 1. The number of aromatic hydroxyl groups is 1. The minimum absolute atomic E-state index is 0.0779. The van der Waals surface area contributed by atoms with Crippen molar-refractivity contribution in [3.8, 4) is 5.75 Å². The van der Waals surface area contributed by atoms with E-state index >= 15 is 0 Å². The number of phenols is 1. The van der Waals surface area contributed by atoms with Crippen LogP contribution in [0.3, 0.4) is 0 Å². The number of benzene rings is 2. The summed E-state index contributed by atoms with van der Waals surface area (Å²) in [5, 5.41) is 12.5. The predicted octanol–water partition coefficient (Wildman–Crippen LogP) is 3.42. The number of amides is 1. The molecule has 0 saturated carbocycles. The molecule has 21 heavy (non-hydrogen) atoms. The third-order valence-electron chi connectivity index (χ3n) is 3.42. The molecular formula is C17H20N2O2. The van der Waals surface area contributed by atoms with Crippen molar-refractivity contribution in [3.05, 3.63) is 53.6 Å². The van der Waals surface area contributed by atoms with E-state index < -0.39 is 0 Å². The molecule has 2 rings (SSSR count). The van der Waals surface area contributed by atoms with Crippen LogP contribution in [0, 0.1) is 6.92 Å². The number of anilines is 2. The number of carbonyl (C=O) groups excluding carboxylic acids is 1. The lowest BCUT2D eigenvalue weighted by molar-refractivity contribution is -0.116. The highest BCUT2D eigenvalue weighted by molar-refractivity contribution is 5.92. The molecule has 0 aliphatic rings. The van der Waals surface area contributed by atoms with Crippen LogP contribution in [-0.4, -0.2) is 11.0 Å². The van der Waals surface area contributed by atoms with E-state index in [-0.39, 0.29) is 17.6 Å². The number of nitrogens with two attached hydrogens (primary N) is 1. The lowest BCUT2D eigenvalue weighted by atomic mass is 9.97. The number of aryl methyl sites for hydroxylation is 1. The van der Waals surface area contributed by atoms with Crippen molar-refractivity contribution in [1.29, 1.82) is 0 Å². The Balaban J connectivity index is 2.01. The molecule has 4 N–H and O–H groups in total. The summed E-state index contributed by atoms with van der Waals surface area (Å²) in [6.45, 7) is 3.90. The summed E-state index contributed by atoms with van der Waals surface area (Å²) in [6.07, 6.45) is 0.345. The quantitative estimate of drug-likeness (QED) is 0.595. The van der Waals surface area contributed by atoms with Crippen LogP contribution >= 0.6 is 0 Å². The van der Waals surface area contributed by atoms with Crippen LogP contribution in [-0.2, 0) is 4.79 Å². The molecule has 0 saturated heterocycles. The Bertz CT molecular complexity index is 636. The summed E-state index contributed by atoms with van der Waals surface area (Å²) < 4.78 is 0. The average Bonchev–Trinajstić information content (AvgIpc) is 2.43. The van der Waals surface area contributed by atoms with Crippen LogP contribution in [0.2, 0.25) is 0 Å². The second-order valence-electron chi connectivity index (χ2n) is 5.34. The van der Waals surface area contributed by atoms with Crippen molar-refractivity contribution in [2.75, 3.05) is 11.1 Å². The van der Waals surface area contributed by atoms with Crippen LogP contribution < -0.4 is 11.1 Å². The number of nitrogens with one attached hydrogen (secondary N) is 1. The first-order valence-electron chi connectivity index (χ1n) is 6.90. The van der Waals surface area contributed by atoms with Gasteiger partial charge in [0.2, 0.25) is 5.91 Å². The van der Waals surface area contributed by atoms with Crippen molar-refractivity contribution in [1.82, 2.24) is 0 Å². The topological polar surface area (TPSA) is 75.3 Å². The van der Waals surface area contributed by atoms with Crippen LogP contribution in [0.25, 0.3) is 0 Å². The fraction of sp³-hybridized carbons (Fsp3) is 0.235. The molecule has 1 atom stereocenters. The van der Waals surface area contributed by atoms with Gasteiger partial charge in [-0.25, -0.2) is 0 Å². The standard InChI is InChI=1S/C17H20N2O2/c1-11-3-8-16(20)15(9-11)19-17(21)10-12(2)13-4-6-14(18)7-5-13/h3-9,12,20H,10,18H2,1-2H3,(H,19,21). The van der Waals surface area contributed by atoms with E-state index in [1.165, 1.54) is 0 Å². The van der Waals surface area contributed by atoms with Gasteiger partial charge in [0.15, 0.2) is 0 Å². The van der Waals surface area contributed by atoms with Gasteiger partial charge in [-0.05, 0) is 48.2 Å². The van der Waals surface area contributed by atoms with Gasteiger partial charge in [0.25, 0.3) is 0 Å². The molecule has 1 amide bonds. The fourth-order valence-electron chi connectivity index (χ4n) is 2.17. The third-order valence-corrected chi connectivity index (χ3v) is 3.42. The minimum atomic E-state index is -0.125. The molecule has 0 aliphatic heterocycles. The number of hydrogen-bond donors (Lipinski definition) is 3. The molecule has 2 aromatic rings. The van der Waals surface area contributed by atoms with Gasteiger partial charge in [-0.1, -0.05) is 25.1 Å². The van der Waals surface area contributed by atoms with Gasteiger partial charge in [0, 0.05) is 12.1 Å². The maximum Gasteiger partial charge on any atom is 0.225 e. The van der Waals surface area contributed by atoms with Crippen LogP contribution in [0.4, 0.5) is 11.4 Å². The zero-order valence-corrected chi connectivity index (χ0v) is 12.3.